The first-order valence-corrected chi connectivity index (χ1v) is 7.86. The molecule has 0 spiro atoms. The second kappa shape index (κ2) is 6.35. The highest BCUT2D eigenvalue weighted by Gasteiger charge is 2.19. The first-order valence-electron chi connectivity index (χ1n) is 7.86. The number of benzene rings is 1. The molecule has 24 heavy (non-hydrogen) atoms. The van der Waals surface area contributed by atoms with Crippen molar-refractivity contribution in [3.8, 4) is 0 Å². The number of anilines is 2. The Bertz CT molecular complexity index is 879. The zero-order valence-corrected chi connectivity index (χ0v) is 14.2. The number of hydrogen-bond acceptors (Lipinski definition) is 6. The Morgan fingerprint density at radius 3 is 2.92 bits per heavy atom. The zero-order valence-electron chi connectivity index (χ0n) is 14.2. The van der Waals surface area contributed by atoms with Crippen LogP contribution in [0.3, 0.4) is 0 Å². The molecule has 0 aliphatic rings. The fourth-order valence-corrected chi connectivity index (χ4v) is 2.40. The Morgan fingerprint density at radius 2 is 2.21 bits per heavy atom. The third kappa shape index (κ3) is 2.97. The van der Waals surface area contributed by atoms with Crippen molar-refractivity contribution >= 4 is 28.9 Å². The summed E-state index contributed by atoms with van der Waals surface area (Å²) in [4.78, 5) is 16.4. The van der Waals surface area contributed by atoms with Gasteiger partial charge in [-0.2, -0.15) is 10.1 Å². The van der Waals surface area contributed by atoms with Crippen LogP contribution in [0.4, 0.5) is 11.8 Å². The van der Waals surface area contributed by atoms with Crippen LogP contribution < -0.4 is 5.32 Å². The number of carbonyl (C=O) groups is 1. The van der Waals surface area contributed by atoms with E-state index in [-0.39, 0.29) is 0 Å². The number of oxazole rings is 1. The predicted molar refractivity (Wildman–Crippen MR) is 90.5 cm³/mol. The van der Waals surface area contributed by atoms with Gasteiger partial charge < -0.3 is 9.15 Å². The van der Waals surface area contributed by atoms with E-state index in [1.165, 1.54) is 11.8 Å². The zero-order chi connectivity index (χ0) is 17.3. The van der Waals surface area contributed by atoms with E-state index in [9.17, 15) is 4.79 Å². The first kappa shape index (κ1) is 16.0. The lowest BCUT2D eigenvalue weighted by atomic mass is 10.0. The van der Waals surface area contributed by atoms with E-state index >= 15 is 0 Å². The number of ether oxygens (including phenoxy) is 1. The highest BCUT2D eigenvalue weighted by Crippen LogP contribution is 2.26. The van der Waals surface area contributed by atoms with Crippen LogP contribution in [0.5, 0.6) is 0 Å². The summed E-state index contributed by atoms with van der Waals surface area (Å²) < 4.78 is 12.3. The summed E-state index contributed by atoms with van der Waals surface area (Å²) in [6.07, 6.45) is 1.46. The number of aromatic nitrogens is 3. The molecule has 0 atom stereocenters. The van der Waals surface area contributed by atoms with Crippen LogP contribution >= 0.6 is 0 Å². The van der Waals surface area contributed by atoms with Gasteiger partial charge in [0.05, 0.1) is 12.8 Å². The highest BCUT2D eigenvalue weighted by atomic mass is 16.5. The highest BCUT2D eigenvalue weighted by molar-refractivity contribution is 5.95. The molecule has 0 unspecified atom stereocenters. The Balaban J connectivity index is 1.93. The summed E-state index contributed by atoms with van der Waals surface area (Å²) in [5.74, 6) is 0.449. The monoisotopic (exact) mass is 328 g/mol. The second-order valence-electron chi connectivity index (χ2n) is 5.78. The quantitative estimate of drug-likeness (QED) is 0.721. The van der Waals surface area contributed by atoms with E-state index in [1.54, 1.807) is 18.7 Å². The smallest absolute Gasteiger partial charge is 0.343 e. The first-order chi connectivity index (χ1) is 11.5. The van der Waals surface area contributed by atoms with Crippen molar-refractivity contribution in [2.45, 2.75) is 26.7 Å². The Kier molecular flexibility index (Phi) is 4.24. The van der Waals surface area contributed by atoms with E-state index < -0.39 is 5.97 Å². The Hall–Kier alpha value is -2.83. The number of fused-ring (bicyclic) bond motifs is 1. The minimum absolute atomic E-state index is 0.300. The van der Waals surface area contributed by atoms with Crippen molar-refractivity contribution in [1.29, 1.82) is 0 Å². The molecule has 0 aliphatic carbocycles. The van der Waals surface area contributed by atoms with Crippen LogP contribution in [-0.2, 0) is 11.8 Å². The predicted octanol–water partition coefficient (Wildman–Crippen LogP) is 3.61. The van der Waals surface area contributed by atoms with E-state index in [1.807, 2.05) is 18.2 Å². The van der Waals surface area contributed by atoms with Gasteiger partial charge in [0.25, 0.3) is 0 Å². The maximum Gasteiger partial charge on any atom is 0.343 e. The summed E-state index contributed by atoms with van der Waals surface area (Å²) in [6, 6.07) is 6.23. The summed E-state index contributed by atoms with van der Waals surface area (Å²) >= 11 is 0. The van der Waals surface area contributed by atoms with Crippen molar-refractivity contribution in [2.24, 2.45) is 7.05 Å². The molecule has 0 saturated heterocycles. The van der Waals surface area contributed by atoms with Crippen molar-refractivity contribution in [3.05, 3.63) is 35.5 Å². The molecule has 0 saturated carbocycles. The third-order valence-corrected chi connectivity index (χ3v) is 3.74. The topological polar surface area (TPSA) is 82.2 Å². The molecule has 3 rings (SSSR count). The maximum absolute atomic E-state index is 12.0. The van der Waals surface area contributed by atoms with Crippen molar-refractivity contribution < 1.29 is 13.9 Å². The van der Waals surface area contributed by atoms with Crippen LogP contribution in [0.1, 0.15) is 42.6 Å². The molecule has 7 nitrogen and oxygen atoms in total. The van der Waals surface area contributed by atoms with Gasteiger partial charge in [0.15, 0.2) is 5.58 Å². The fourth-order valence-electron chi connectivity index (χ4n) is 2.40. The largest absolute Gasteiger partial charge is 0.462 e. The molecule has 126 valence electrons. The number of nitrogens with zero attached hydrogens (tertiary/aromatic N) is 3. The molecule has 0 fully saturated rings. The lowest BCUT2D eigenvalue weighted by Crippen LogP contribution is -2.08. The van der Waals surface area contributed by atoms with Crippen LogP contribution in [-0.4, -0.2) is 27.3 Å². The molecule has 2 heterocycles. The van der Waals surface area contributed by atoms with Gasteiger partial charge in [0.2, 0.25) is 0 Å². The van der Waals surface area contributed by atoms with Crippen LogP contribution in [0.2, 0.25) is 0 Å². The van der Waals surface area contributed by atoms with Crippen LogP contribution in [0, 0.1) is 0 Å². The average Bonchev–Trinajstić information content (AvgIpc) is 3.10. The molecular formula is C17H20N4O3. The number of hydrogen-bond donors (Lipinski definition) is 1. The third-order valence-electron chi connectivity index (χ3n) is 3.74. The molecule has 1 aromatic carbocycles. The van der Waals surface area contributed by atoms with E-state index in [0.29, 0.717) is 35.5 Å². The van der Waals surface area contributed by atoms with E-state index in [0.717, 1.165) is 5.52 Å². The fraction of sp³-hybridized carbons (Fsp3) is 0.353. The van der Waals surface area contributed by atoms with Gasteiger partial charge in [-0.3, -0.25) is 10.00 Å². The molecule has 1 N–H and O–H groups in total. The summed E-state index contributed by atoms with van der Waals surface area (Å²) in [5.41, 5.74) is 2.98. The van der Waals surface area contributed by atoms with E-state index in [2.05, 4.69) is 29.2 Å². The SMILES string of the molecule is CCOC(=O)c1cnn(C)c1Nc1nc2cc(C(C)C)ccc2o1. The maximum atomic E-state index is 12.0. The number of rotatable bonds is 5. The molecule has 0 amide bonds. The van der Waals surface area contributed by atoms with Crippen molar-refractivity contribution in [3.63, 3.8) is 0 Å². The lowest BCUT2D eigenvalue weighted by Gasteiger charge is -2.05. The number of aryl methyl sites for hydroxylation is 1. The van der Waals surface area contributed by atoms with Gasteiger partial charge in [0, 0.05) is 7.05 Å². The lowest BCUT2D eigenvalue weighted by molar-refractivity contribution is 0.0527. The van der Waals surface area contributed by atoms with Gasteiger partial charge in [0.1, 0.15) is 16.9 Å². The number of carbonyl (C=O) groups excluding carboxylic acids is 1. The van der Waals surface area contributed by atoms with Gasteiger partial charge in [-0.15, -0.1) is 0 Å². The summed E-state index contributed by atoms with van der Waals surface area (Å²) in [6.45, 7) is 6.31. The van der Waals surface area contributed by atoms with Crippen LogP contribution in [0.15, 0.2) is 28.8 Å². The molecular weight excluding hydrogens is 308 g/mol. The van der Waals surface area contributed by atoms with Gasteiger partial charge in [-0.05, 0) is 30.5 Å². The Labute approximate surface area is 139 Å². The van der Waals surface area contributed by atoms with Crippen molar-refractivity contribution in [2.75, 3.05) is 11.9 Å². The number of nitrogens with one attached hydrogen (secondary N) is 1. The van der Waals surface area contributed by atoms with Crippen molar-refractivity contribution in [1.82, 2.24) is 14.8 Å². The molecule has 2 aromatic heterocycles. The minimum atomic E-state index is -0.439. The van der Waals surface area contributed by atoms with Gasteiger partial charge in [-0.1, -0.05) is 19.9 Å². The average molecular weight is 328 g/mol. The molecule has 0 aliphatic heterocycles. The van der Waals surface area contributed by atoms with E-state index in [4.69, 9.17) is 9.15 Å². The van der Waals surface area contributed by atoms with Gasteiger partial charge >= 0.3 is 12.0 Å². The normalized spacial score (nSPS) is 11.2. The molecule has 3 aromatic rings. The van der Waals surface area contributed by atoms with Crippen LogP contribution in [0.25, 0.3) is 11.1 Å². The summed E-state index contributed by atoms with van der Waals surface area (Å²) in [5, 5.41) is 7.11. The second-order valence-corrected chi connectivity index (χ2v) is 5.78. The minimum Gasteiger partial charge on any atom is -0.462 e. The summed E-state index contributed by atoms with van der Waals surface area (Å²) in [7, 11) is 1.73. The molecule has 0 radical (unpaired) electrons. The Morgan fingerprint density at radius 1 is 1.42 bits per heavy atom. The van der Waals surface area contributed by atoms with Gasteiger partial charge in [-0.25, -0.2) is 4.79 Å². The molecule has 0 bridgehead atoms. The molecule has 7 heteroatoms. The standard InChI is InChI=1S/C17H20N4O3/c1-5-23-16(22)12-9-18-21(4)15(12)20-17-19-13-8-11(10(2)3)6-7-14(13)24-17/h6-10H,5H2,1-4H3,(H,19,20). The number of esters is 1.